The Kier molecular flexibility index (Phi) is 10.9. The van der Waals surface area contributed by atoms with E-state index < -0.39 is 0 Å². The van der Waals surface area contributed by atoms with Crippen LogP contribution in [0, 0.1) is 0 Å². The summed E-state index contributed by atoms with van der Waals surface area (Å²) >= 11 is 3.50. The van der Waals surface area contributed by atoms with Gasteiger partial charge in [-0.2, -0.15) is 23.5 Å². The lowest BCUT2D eigenvalue weighted by molar-refractivity contribution is 0.322. The number of aliphatic hydroxyl groups excluding tert-OH is 2. The predicted molar refractivity (Wildman–Crippen MR) is 93.6 cm³/mol. The molecule has 0 heterocycles. The minimum absolute atomic E-state index is 0.236. The maximum atomic E-state index is 10.3. The number of benzene rings is 1. The first-order chi connectivity index (χ1) is 10.3. The number of aromatic hydroxyl groups is 1. The molecule has 0 aromatic heterocycles. The quantitative estimate of drug-likeness (QED) is 0.514. The molecule has 0 radical (unpaired) electrons. The van der Waals surface area contributed by atoms with Crippen molar-refractivity contribution in [2.45, 2.75) is 25.7 Å². The van der Waals surface area contributed by atoms with Crippen molar-refractivity contribution >= 4 is 23.5 Å². The molecule has 21 heavy (non-hydrogen) atoms. The topological polar surface area (TPSA) is 60.7 Å². The molecule has 0 unspecified atom stereocenters. The summed E-state index contributed by atoms with van der Waals surface area (Å²) in [7, 11) is 0. The molecule has 1 aromatic rings. The molecule has 0 atom stereocenters. The summed E-state index contributed by atoms with van der Waals surface area (Å²) < 4.78 is 0. The molecular formula is C16H26O3S2. The van der Waals surface area contributed by atoms with Crippen LogP contribution in [0.15, 0.2) is 18.2 Å². The van der Waals surface area contributed by atoms with E-state index in [1.54, 1.807) is 23.5 Å². The van der Waals surface area contributed by atoms with Gasteiger partial charge in [0.1, 0.15) is 5.75 Å². The van der Waals surface area contributed by atoms with Gasteiger partial charge in [-0.25, -0.2) is 0 Å². The second kappa shape index (κ2) is 12.2. The van der Waals surface area contributed by atoms with Gasteiger partial charge >= 0.3 is 0 Å². The zero-order valence-electron chi connectivity index (χ0n) is 12.5. The van der Waals surface area contributed by atoms with E-state index >= 15 is 0 Å². The van der Waals surface area contributed by atoms with Crippen LogP contribution in [0.3, 0.4) is 0 Å². The average molecular weight is 331 g/mol. The monoisotopic (exact) mass is 330 g/mol. The summed E-state index contributed by atoms with van der Waals surface area (Å²) in [4.78, 5) is 0. The van der Waals surface area contributed by atoms with E-state index in [0.717, 1.165) is 59.8 Å². The van der Waals surface area contributed by atoms with Crippen LogP contribution < -0.4 is 0 Å². The number of aliphatic hydroxyl groups is 2. The molecule has 0 aliphatic rings. The fraction of sp³-hybridized carbons (Fsp3) is 0.625. The van der Waals surface area contributed by atoms with Crippen molar-refractivity contribution in [3.8, 4) is 5.75 Å². The lowest BCUT2D eigenvalue weighted by atomic mass is 10.0. The van der Waals surface area contributed by atoms with Crippen LogP contribution in [0.4, 0.5) is 0 Å². The maximum Gasteiger partial charge on any atom is 0.121 e. The van der Waals surface area contributed by atoms with Crippen LogP contribution in [-0.4, -0.2) is 51.5 Å². The smallest absolute Gasteiger partial charge is 0.121 e. The Bertz CT molecular complexity index is 354. The minimum atomic E-state index is 0.236. The van der Waals surface area contributed by atoms with Gasteiger partial charge in [-0.15, -0.1) is 0 Å². The fourth-order valence-corrected chi connectivity index (χ4v) is 3.47. The number of rotatable bonds is 12. The van der Waals surface area contributed by atoms with Crippen molar-refractivity contribution in [2.24, 2.45) is 0 Å². The van der Waals surface area contributed by atoms with Crippen LogP contribution in [0.5, 0.6) is 5.75 Å². The highest BCUT2D eigenvalue weighted by Gasteiger charge is 2.06. The van der Waals surface area contributed by atoms with E-state index in [1.165, 1.54) is 0 Å². The molecule has 0 bridgehead atoms. The molecule has 1 aromatic carbocycles. The van der Waals surface area contributed by atoms with Crippen molar-refractivity contribution in [1.82, 2.24) is 0 Å². The highest BCUT2D eigenvalue weighted by atomic mass is 32.2. The third-order valence-corrected chi connectivity index (χ3v) is 5.24. The van der Waals surface area contributed by atoms with Gasteiger partial charge < -0.3 is 15.3 Å². The molecule has 1 rings (SSSR count). The standard InChI is InChI=1S/C16H26O3S2/c17-8-12-20-10-2-6-14-4-1-5-15(16(14)19)7-3-11-21-13-9-18/h1,4-5,17-19H,2-3,6-13H2. The van der Waals surface area contributed by atoms with Crippen LogP contribution in [0.2, 0.25) is 0 Å². The molecule has 0 spiro atoms. The Morgan fingerprint density at radius 3 is 1.67 bits per heavy atom. The second-order valence-corrected chi connectivity index (χ2v) is 7.25. The first-order valence-electron chi connectivity index (χ1n) is 7.46. The summed E-state index contributed by atoms with van der Waals surface area (Å²) in [5, 5.41) is 27.7. The Morgan fingerprint density at radius 1 is 0.762 bits per heavy atom. The maximum absolute atomic E-state index is 10.3. The summed E-state index contributed by atoms with van der Waals surface area (Å²) in [5.74, 6) is 4.07. The third kappa shape index (κ3) is 8.00. The average Bonchev–Trinajstić information content (AvgIpc) is 2.50. The summed E-state index contributed by atoms with van der Waals surface area (Å²) in [6, 6.07) is 6.01. The number of para-hydroxylation sites is 1. The number of thioether (sulfide) groups is 2. The van der Waals surface area contributed by atoms with Gasteiger partial charge in [-0.1, -0.05) is 18.2 Å². The Balaban J connectivity index is 2.35. The van der Waals surface area contributed by atoms with E-state index in [1.807, 2.05) is 18.2 Å². The first-order valence-corrected chi connectivity index (χ1v) is 9.77. The Morgan fingerprint density at radius 2 is 1.24 bits per heavy atom. The highest BCUT2D eigenvalue weighted by molar-refractivity contribution is 7.99. The van der Waals surface area contributed by atoms with E-state index in [2.05, 4.69) is 0 Å². The van der Waals surface area contributed by atoms with E-state index in [0.29, 0.717) is 5.75 Å². The molecule has 0 aliphatic heterocycles. The largest absolute Gasteiger partial charge is 0.507 e. The van der Waals surface area contributed by atoms with Crippen molar-refractivity contribution in [1.29, 1.82) is 0 Å². The van der Waals surface area contributed by atoms with Crippen molar-refractivity contribution in [3.05, 3.63) is 29.3 Å². The van der Waals surface area contributed by atoms with Crippen LogP contribution in [0.25, 0.3) is 0 Å². The van der Waals surface area contributed by atoms with Gasteiger partial charge in [0.05, 0.1) is 13.2 Å². The molecule has 120 valence electrons. The minimum Gasteiger partial charge on any atom is -0.507 e. The molecule has 0 saturated carbocycles. The van der Waals surface area contributed by atoms with Gasteiger partial charge in [-0.3, -0.25) is 0 Å². The molecular weight excluding hydrogens is 304 g/mol. The van der Waals surface area contributed by atoms with E-state index in [4.69, 9.17) is 10.2 Å². The summed E-state index contributed by atoms with van der Waals surface area (Å²) in [6.45, 7) is 0.472. The summed E-state index contributed by atoms with van der Waals surface area (Å²) in [5.41, 5.74) is 2.06. The van der Waals surface area contributed by atoms with E-state index in [9.17, 15) is 5.11 Å². The van der Waals surface area contributed by atoms with Crippen LogP contribution in [-0.2, 0) is 12.8 Å². The van der Waals surface area contributed by atoms with Crippen molar-refractivity contribution < 1.29 is 15.3 Å². The third-order valence-electron chi connectivity index (χ3n) is 3.14. The molecule has 3 N–H and O–H groups in total. The van der Waals surface area contributed by atoms with Gasteiger partial charge in [-0.05, 0) is 48.3 Å². The van der Waals surface area contributed by atoms with Gasteiger partial charge in [0.15, 0.2) is 0 Å². The number of aryl methyl sites for hydroxylation is 2. The highest BCUT2D eigenvalue weighted by Crippen LogP contribution is 2.25. The van der Waals surface area contributed by atoms with Gasteiger partial charge in [0, 0.05) is 11.5 Å². The molecule has 0 fully saturated rings. The van der Waals surface area contributed by atoms with Gasteiger partial charge in [0.25, 0.3) is 0 Å². The Hall–Kier alpha value is -0.360. The van der Waals surface area contributed by atoms with Crippen LogP contribution in [0.1, 0.15) is 24.0 Å². The number of hydrogen-bond acceptors (Lipinski definition) is 5. The molecule has 5 heteroatoms. The zero-order valence-corrected chi connectivity index (χ0v) is 14.1. The van der Waals surface area contributed by atoms with Crippen molar-refractivity contribution in [2.75, 3.05) is 36.2 Å². The van der Waals surface area contributed by atoms with Crippen molar-refractivity contribution in [3.63, 3.8) is 0 Å². The summed E-state index contributed by atoms with van der Waals surface area (Å²) in [6.07, 6.45) is 3.82. The Labute approximate surface area is 136 Å². The molecule has 3 nitrogen and oxygen atoms in total. The normalized spacial score (nSPS) is 11.0. The predicted octanol–water partition coefficient (Wildman–Crippen LogP) is 2.71. The zero-order chi connectivity index (χ0) is 15.3. The molecule has 0 amide bonds. The lowest BCUT2D eigenvalue weighted by Gasteiger charge is -2.10. The SMILES string of the molecule is OCCSCCCc1cccc(CCCSCCO)c1O. The number of phenolic OH excluding ortho intramolecular Hbond substituents is 1. The fourth-order valence-electron chi connectivity index (χ4n) is 2.11. The lowest BCUT2D eigenvalue weighted by Crippen LogP contribution is -1.96. The number of phenols is 1. The van der Waals surface area contributed by atoms with E-state index in [-0.39, 0.29) is 13.2 Å². The molecule has 0 saturated heterocycles. The second-order valence-electron chi connectivity index (χ2n) is 4.80. The van der Waals surface area contributed by atoms with Gasteiger partial charge in [0.2, 0.25) is 0 Å². The first kappa shape index (κ1) is 18.7. The number of hydrogen-bond donors (Lipinski definition) is 3. The van der Waals surface area contributed by atoms with Crippen LogP contribution >= 0.6 is 23.5 Å². The molecule has 0 aliphatic carbocycles.